The van der Waals surface area contributed by atoms with E-state index < -0.39 is 5.41 Å². The van der Waals surface area contributed by atoms with Crippen molar-refractivity contribution in [2.45, 2.75) is 26.7 Å². The number of nitrogens with zero attached hydrogens (tertiary/aromatic N) is 3. The summed E-state index contributed by atoms with van der Waals surface area (Å²) in [6.45, 7) is 6.92. The molecule has 3 amide bonds. The SMILES string of the molecule is COc1cccc(C(=O)N2C[C@@H]3CN(C(=O)C(C)C)C[C@]3(C(=O)N3CCCC3)C2)c1OC. The van der Waals surface area contributed by atoms with Crippen molar-refractivity contribution in [2.24, 2.45) is 17.3 Å². The first-order valence-corrected chi connectivity index (χ1v) is 11.4. The number of para-hydroxylation sites is 1. The zero-order valence-corrected chi connectivity index (χ0v) is 19.4. The molecule has 4 rings (SSSR count). The summed E-state index contributed by atoms with van der Waals surface area (Å²) in [4.78, 5) is 45.5. The lowest BCUT2D eigenvalue weighted by Crippen LogP contribution is -2.49. The quantitative estimate of drug-likeness (QED) is 0.694. The van der Waals surface area contributed by atoms with E-state index in [1.54, 1.807) is 23.1 Å². The number of benzene rings is 1. The molecular weight excluding hydrogens is 410 g/mol. The molecule has 3 aliphatic rings. The van der Waals surface area contributed by atoms with Crippen molar-refractivity contribution in [2.75, 3.05) is 53.5 Å². The highest BCUT2D eigenvalue weighted by atomic mass is 16.5. The Labute approximate surface area is 189 Å². The number of amides is 3. The van der Waals surface area contributed by atoms with Gasteiger partial charge in [0.25, 0.3) is 5.91 Å². The summed E-state index contributed by atoms with van der Waals surface area (Å²) in [6.07, 6.45) is 2.01. The van der Waals surface area contributed by atoms with Gasteiger partial charge in [0.2, 0.25) is 11.8 Å². The first-order chi connectivity index (χ1) is 15.3. The van der Waals surface area contributed by atoms with Crippen LogP contribution >= 0.6 is 0 Å². The molecular formula is C24H33N3O5. The number of fused-ring (bicyclic) bond motifs is 1. The molecule has 0 spiro atoms. The van der Waals surface area contributed by atoms with Crippen LogP contribution in [0.25, 0.3) is 0 Å². The number of ether oxygens (including phenoxy) is 2. The third-order valence-electron chi connectivity index (χ3n) is 7.15. The Morgan fingerprint density at radius 2 is 1.62 bits per heavy atom. The molecule has 174 valence electrons. The van der Waals surface area contributed by atoms with Crippen molar-refractivity contribution >= 4 is 17.7 Å². The van der Waals surface area contributed by atoms with Crippen molar-refractivity contribution < 1.29 is 23.9 Å². The van der Waals surface area contributed by atoms with Gasteiger partial charge in [0.05, 0.1) is 25.2 Å². The summed E-state index contributed by atoms with van der Waals surface area (Å²) in [6, 6.07) is 5.24. The molecule has 0 saturated carbocycles. The highest BCUT2D eigenvalue weighted by Gasteiger charge is 2.60. The lowest BCUT2D eigenvalue weighted by atomic mass is 9.79. The predicted molar refractivity (Wildman–Crippen MR) is 119 cm³/mol. The number of methoxy groups -OCH3 is 2. The largest absolute Gasteiger partial charge is 0.493 e. The van der Waals surface area contributed by atoms with Crippen LogP contribution < -0.4 is 9.47 Å². The molecule has 32 heavy (non-hydrogen) atoms. The van der Waals surface area contributed by atoms with Gasteiger partial charge in [0, 0.05) is 51.1 Å². The maximum atomic E-state index is 13.7. The normalized spacial score (nSPS) is 24.8. The van der Waals surface area contributed by atoms with Crippen molar-refractivity contribution in [3.05, 3.63) is 23.8 Å². The minimum atomic E-state index is -0.739. The molecule has 0 bridgehead atoms. The number of hydrogen-bond acceptors (Lipinski definition) is 5. The van der Waals surface area contributed by atoms with Gasteiger partial charge in [0.15, 0.2) is 11.5 Å². The van der Waals surface area contributed by atoms with Crippen LogP contribution in [0.1, 0.15) is 37.0 Å². The van der Waals surface area contributed by atoms with Gasteiger partial charge in [-0.3, -0.25) is 14.4 Å². The Kier molecular flexibility index (Phi) is 6.05. The van der Waals surface area contributed by atoms with Crippen LogP contribution in [-0.2, 0) is 9.59 Å². The molecule has 3 saturated heterocycles. The van der Waals surface area contributed by atoms with E-state index in [-0.39, 0.29) is 29.6 Å². The molecule has 3 heterocycles. The van der Waals surface area contributed by atoms with E-state index >= 15 is 0 Å². The van der Waals surface area contributed by atoms with Gasteiger partial charge in [-0.2, -0.15) is 0 Å². The zero-order chi connectivity index (χ0) is 23.0. The number of likely N-dealkylation sites (tertiary alicyclic amines) is 3. The molecule has 0 radical (unpaired) electrons. The van der Waals surface area contributed by atoms with Gasteiger partial charge < -0.3 is 24.2 Å². The lowest BCUT2D eigenvalue weighted by Gasteiger charge is -2.32. The highest BCUT2D eigenvalue weighted by molar-refractivity contribution is 5.99. The summed E-state index contributed by atoms with van der Waals surface area (Å²) in [5.41, 5.74) is -0.317. The van der Waals surface area contributed by atoms with Gasteiger partial charge in [-0.15, -0.1) is 0 Å². The van der Waals surface area contributed by atoms with Crippen molar-refractivity contribution in [1.82, 2.24) is 14.7 Å². The number of carbonyl (C=O) groups excluding carboxylic acids is 3. The number of carbonyl (C=O) groups is 3. The van der Waals surface area contributed by atoms with E-state index in [2.05, 4.69) is 0 Å². The summed E-state index contributed by atoms with van der Waals surface area (Å²) < 4.78 is 10.8. The lowest BCUT2D eigenvalue weighted by molar-refractivity contribution is -0.141. The molecule has 0 N–H and O–H groups in total. The van der Waals surface area contributed by atoms with Crippen LogP contribution in [0, 0.1) is 17.3 Å². The maximum absolute atomic E-state index is 13.7. The molecule has 2 atom stereocenters. The predicted octanol–water partition coefficient (Wildman–Crippen LogP) is 1.88. The standard InChI is InChI=1S/C24H33N3O5/c1-16(2)21(28)26-12-17-13-27(15-24(17,14-26)23(30)25-10-5-6-11-25)22(29)18-8-7-9-19(31-3)20(18)32-4/h7-9,16-17H,5-6,10-15H2,1-4H3/t17-,24-/m0/s1. The minimum absolute atomic E-state index is 0.0698. The van der Waals surface area contributed by atoms with Crippen LogP contribution in [0.3, 0.4) is 0 Å². The maximum Gasteiger partial charge on any atom is 0.257 e. The van der Waals surface area contributed by atoms with Gasteiger partial charge in [0.1, 0.15) is 0 Å². The Morgan fingerprint density at radius 1 is 0.969 bits per heavy atom. The molecule has 8 nitrogen and oxygen atoms in total. The zero-order valence-electron chi connectivity index (χ0n) is 19.4. The molecule has 3 aliphatic heterocycles. The molecule has 0 aromatic heterocycles. The van der Waals surface area contributed by atoms with E-state index in [9.17, 15) is 14.4 Å². The Balaban J connectivity index is 1.63. The van der Waals surface area contributed by atoms with Crippen LogP contribution in [0.4, 0.5) is 0 Å². The first-order valence-electron chi connectivity index (χ1n) is 11.4. The van der Waals surface area contributed by atoms with Gasteiger partial charge in [-0.25, -0.2) is 0 Å². The van der Waals surface area contributed by atoms with E-state index in [1.807, 2.05) is 23.6 Å². The second-order valence-corrected chi connectivity index (χ2v) is 9.45. The van der Waals surface area contributed by atoms with Crippen molar-refractivity contribution in [1.29, 1.82) is 0 Å². The first kappa shape index (κ1) is 22.4. The van der Waals surface area contributed by atoms with Gasteiger partial charge >= 0.3 is 0 Å². The minimum Gasteiger partial charge on any atom is -0.493 e. The fourth-order valence-corrected chi connectivity index (χ4v) is 5.52. The van der Waals surface area contributed by atoms with Gasteiger partial charge in [-0.1, -0.05) is 19.9 Å². The van der Waals surface area contributed by atoms with Crippen molar-refractivity contribution in [3.63, 3.8) is 0 Å². The molecule has 1 aromatic carbocycles. The third kappa shape index (κ3) is 3.59. The molecule has 1 aromatic rings. The van der Waals surface area contributed by atoms with Crippen molar-refractivity contribution in [3.8, 4) is 11.5 Å². The Morgan fingerprint density at radius 3 is 2.25 bits per heavy atom. The fraction of sp³-hybridized carbons (Fsp3) is 0.625. The topological polar surface area (TPSA) is 79.4 Å². The van der Waals surface area contributed by atoms with Crippen LogP contribution in [0.5, 0.6) is 11.5 Å². The summed E-state index contributed by atoms with van der Waals surface area (Å²) in [5, 5.41) is 0. The highest BCUT2D eigenvalue weighted by Crippen LogP contribution is 2.46. The van der Waals surface area contributed by atoms with E-state index in [0.29, 0.717) is 43.2 Å². The van der Waals surface area contributed by atoms with Gasteiger partial charge in [-0.05, 0) is 25.0 Å². The average Bonchev–Trinajstić information content (AvgIpc) is 3.51. The Bertz CT molecular complexity index is 911. The number of hydrogen-bond donors (Lipinski definition) is 0. The van der Waals surface area contributed by atoms with Crippen LogP contribution in [-0.4, -0.2) is 85.9 Å². The summed E-state index contributed by atoms with van der Waals surface area (Å²) in [5.74, 6) is 0.686. The molecule has 3 fully saturated rings. The third-order valence-corrected chi connectivity index (χ3v) is 7.15. The molecule has 0 aliphatic carbocycles. The average molecular weight is 444 g/mol. The second-order valence-electron chi connectivity index (χ2n) is 9.45. The van der Waals surface area contributed by atoms with E-state index in [1.165, 1.54) is 14.2 Å². The Hall–Kier alpha value is -2.77. The number of rotatable bonds is 5. The van der Waals surface area contributed by atoms with Crippen LogP contribution in [0.2, 0.25) is 0 Å². The smallest absolute Gasteiger partial charge is 0.257 e. The molecule has 8 heteroatoms. The van der Waals surface area contributed by atoms with Crippen LogP contribution in [0.15, 0.2) is 18.2 Å². The van der Waals surface area contributed by atoms with E-state index in [4.69, 9.17) is 9.47 Å². The van der Waals surface area contributed by atoms with E-state index in [0.717, 1.165) is 25.9 Å². The molecule has 0 unspecified atom stereocenters. The second kappa shape index (κ2) is 8.64. The monoisotopic (exact) mass is 443 g/mol. The summed E-state index contributed by atoms with van der Waals surface area (Å²) >= 11 is 0. The summed E-state index contributed by atoms with van der Waals surface area (Å²) in [7, 11) is 3.05. The fourth-order valence-electron chi connectivity index (χ4n) is 5.52.